The zero-order valence-electron chi connectivity index (χ0n) is 12.5. The van der Waals surface area contributed by atoms with Crippen LogP contribution < -0.4 is 0 Å². The molecule has 2 aliphatic rings. The van der Waals surface area contributed by atoms with Gasteiger partial charge >= 0.3 is 6.92 Å². The molecule has 0 amide bonds. The second-order valence-corrected chi connectivity index (χ2v) is 7.53. The predicted octanol–water partition coefficient (Wildman–Crippen LogP) is 4.95. The fourth-order valence-corrected chi connectivity index (χ4v) is 3.79. The molecule has 2 bridgehead atoms. The maximum absolute atomic E-state index is 6.37. The van der Waals surface area contributed by atoms with Gasteiger partial charge in [-0.2, -0.15) is 0 Å². The van der Waals surface area contributed by atoms with Crippen molar-refractivity contribution in [1.29, 1.82) is 0 Å². The average molecular weight is 248 g/mol. The van der Waals surface area contributed by atoms with Crippen molar-refractivity contribution in [3.8, 4) is 0 Å². The van der Waals surface area contributed by atoms with Crippen molar-refractivity contribution in [1.82, 2.24) is 0 Å². The molecule has 0 aliphatic carbocycles. The Bertz CT molecular complexity index is 271. The van der Waals surface area contributed by atoms with Gasteiger partial charge in [0.1, 0.15) is 0 Å². The Morgan fingerprint density at radius 2 is 1.78 bits per heavy atom. The SMILES string of the molecule is C=CC1B(OCC(C)(C)C)C2CCCC1CCC2. The molecule has 0 aromatic rings. The highest BCUT2D eigenvalue weighted by Gasteiger charge is 2.42. The zero-order chi connectivity index (χ0) is 13.2. The standard InChI is InChI=1S/C16H29BO/c1-5-15-13-8-6-10-14(11-7-9-13)17(15)18-12-16(2,3)4/h5,13-15H,1,6-12H2,2-4H3. The van der Waals surface area contributed by atoms with Crippen LogP contribution >= 0.6 is 0 Å². The molecule has 2 rings (SSSR count). The number of allylic oxidation sites excluding steroid dienone is 1. The first-order valence-corrected chi connectivity index (χ1v) is 7.75. The van der Waals surface area contributed by atoms with Gasteiger partial charge in [-0.05, 0) is 23.0 Å². The number of hydrogen-bond acceptors (Lipinski definition) is 1. The smallest absolute Gasteiger partial charge is 0.303 e. The molecule has 0 spiro atoms. The van der Waals surface area contributed by atoms with Crippen molar-refractivity contribution in [2.75, 3.05) is 6.61 Å². The van der Waals surface area contributed by atoms with Crippen LogP contribution in [-0.2, 0) is 4.65 Å². The van der Waals surface area contributed by atoms with Gasteiger partial charge in [0.05, 0.1) is 0 Å². The number of hydrogen-bond donors (Lipinski definition) is 0. The molecule has 0 radical (unpaired) electrons. The van der Waals surface area contributed by atoms with E-state index in [0.29, 0.717) is 12.7 Å². The summed E-state index contributed by atoms with van der Waals surface area (Å²) in [6.07, 6.45) is 10.5. The summed E-state index contributed by atoms with van der Waals surface area (Å²) in [7, 11) is 0. The van der Waals surface area contributed by atoms with Gasteiger partial charge in [0, 0.05) is 6.61 Å². The van der Waals surface area contributed by atoms with Gasteiger partial charge in [-0.25, -0.2) is 0 Å². The topological polar surface area (TPSA) is 9.23 Å². The zero-order valence-corrected chi connectivity index (χ0v) is 12.5. The molecular weight excluding hydrogens is 219 g/mol. The molecule has 2 heteroatoms. The summed E-state index contributed by atoms with van der Waals surface area (Å²) in [5.74, 6) is 2.21. The summed E-state index contributed by atoms with van der Waals surface area (Å²) >= 11 is 0. The molecule has 0 N–H and O–H groups in total. The first kappa shape index (κ1) is 14.2. The van der Waals surface area contributed by atoms with Gasteiger partial charge in [0.15, 0.2) is 0 Å². The predicted molar refractivity (Wildman–Crippen MR) is 80.1 cm³/mol. The Kier molecular flexibility index (Phi) is 4.58. The van der Waals surface area contributed by atoms with Crippen LogP contribution in [0.2, 0.25) is 11.6 Å². The summed E-state index contributed by atoms with van der Waals surface area (Å²) in [5, 5.41) is 0. The van der Waals surface area contributed by atoms with Crippen molar-refractivity contribution in [3.63, 3.8) is 0 Å². The van der Waals surface area contributed by atoms with E-state index < -0.39 is 0 Å². The minimum absolute atomic E-state index is 0.270. The van der Waals surface area contributed by atoms with E-state index in [9.17, 15) is 0 Å². The van der Waals surface area contributed by atoms with Gasteiger partial charge < -0.3 is 4.65 Å². The van der Waals surface area contributed by atoms with Crippen molar-refractivity contribution >= 4 is 6.92 Å². The lowest BCUT2D eigenvalue weighted by Gasteiger charge is -2.30. The van der Waals surface area contributed by atoms with Crippen LogP contribution in [-0.4, -0.2) is 13.5 Å². The first-order chi connectivity index (χ1) is 8.51. The van der Waals surface area contributed by atoms with Crippen LogP contribution in [0.4, 0.5) is 0 Å². The third-order valence-corrected chi connectivity index (χ3v) is 4.67. The normalized spacial score (nSPS) is 33.1. The van der Waals surface area contributed by atoms with E-state index in [1.54, 1.807) is 0 Å². The van der Waals surface area contributed by atoms with Crippen LogP contribution in [0.25, 0.3) is 0 Å². The second-order valence-electron chi connectivity index (χ2n) is 7.53. The molecule has 1 unspecified atom stereocenters. The third-order valence-electron chi connectivity index (χ3n) is 4.67. The Balaban J connectivity index is 2.10. The van der Waals surface area contributed by atoms with Gasteiger partial charge in [-0.15, -0.1) is 6.58 Å². The summed E-state index contributed by atoms with van der Waals surface area (Å²) in [5.41, 5.74) is 0.270. The Morgan fingerprint density at radius 3 is 2.28 bits per heavy atom. The lowest BCUT2D eigenvalue weighted by Crippen LogP contribution is -2.33. The Labute approximate surface area is 113 Å². The van der Waals surface area contributed by atoms with Crippen LogP contribution in [0.5, 0.6) is 0 Å². The largest absolute Gasteiger partial charge is 0.434 e. The minimum atomic E-state index is 0.270. The number of fused-ring (bicyclic) bond motifs is 3. The monoisotopic (exact) mass is 248 g/mol. The Hall–Kier alpha value is -0.235. The van der Waals surface area contributed by atoms with E-state index in [1.807, 2.05) is 0 Å². The summed E-state index contributed by atoms with van der Waals surface area (Å²) < 4.78 is 6.37. The molecule has 0 aromatic heterocycles. The van der Waals surface area contributed by atoms with Gasteiger partial charge in [-0.3, -0.25) is 0 Å². The molecular formula is C16H29BO. The maximum atomic E-state index is 6.37. The van der Waals surface area contributed by atoms with E-state index in [1.165, 1.54) is 38.5 Å². The van der Waals surface area contributed by atoms with E-state index in [-0.39, 0.29) is 5.41 Å². The highest BCUT2D eigenvalue weighted by molar-refractivity contribution is 6.56. The van der Waals surface area contributed by atoms with E-state index in [2.05, 4.69) is 33.4 Å². The Morgan fingerprint density at radius 1 is 1.17 bits per heavy atom. The number of rotatable bonds is 3. The van der Waals surface area contributed by atoms with Crippen LogP contribution in [0.15, 0.2) is 12.7 Å². The first-order valence-electron chi connectivity index (χ1n) is 7.75. The summed E-state index contributed by atoms with van der Waals surface area (Å²) in [6, 6.07) is 0. The van der Waals surface area contributed by atoms with Gasteiger partial charge in [0.2, 0.25) is 0 Å². The second kappa shape index (κ2) is 5.82. The van der Waals surface area contributed by atoms with Crippen LogP contribution in [0.3, 0.4) is 0 Å². The van der Waals surface area contributed by atoms with Crippen molar-refractivity contribution in [3.05, 3.63) is 12.7 Å². The van der Waals surface area contributed by atoms with E-state index >= 15 is 0 Å². The molecule has 2 fully saturated rings. The van der Waals surface area contributed by atoms with Crippen molar-refractivity contribution in [2.45, 2.75) is 70.9 Å². The molecule has 2 saturated heterocycles. The van der Waals surface area contributed by atoms with Gasteiger partial charge in [0.25, 0.3) is 0 Å². The molecule has 2 aliphatic heterocycles. The highest BCUT2D eigenvalue weighted by Crippen LogP contribution is 2.47. The average Bonchev–Trinajstić information content (AvgIpc) is 2.51. The lowest BCUT2D eigenvalue weighted by atomic mass is 9.45. The fourth-order valence-electron chi connectivity index (χ4n) is 3.79. The molecule has 0 aromatic carbocycles. The van der Waals surface area contributed by atoms with Crippen LogP contribution in [0.1, 0.15) is 59.3 Å². The lowest BCUT2D eigenvalue weighted by molar-refractivity contribution is 0.189. The molecule has 1 atom stereocenters. The molecule has 0 saturated carbocycles. The van der Waals surface area contributed by atoms with E-state index in [4.69, 9.17) is 4.65 Å². The fraction of sp³-hybridized carbons (Fsp3) is 0.875. The van der Waals surface area contributed by atoms with Crippen molar-refractivity contribution in [2.24, 2.45) is 11.3 Å². The summed E-state index contributed by atoms with van der Waals surface area (Å²) in [4.78, 5) is 0. The molecule has 102 valence electrons. The third kappa shape index (κ3) is 3.41. The maximum Gasteiger partial charge on any atom is 0.303 e. The van der Waals surface area contributed by atoms with Gasteiger partial charge in [-0.1, -0.05) is 65.4 Å². The van der Waals surface area contributed by atoms with Crippen LogP contribution in [0, 0.1) is 11.3 Å². The minimum Gasteiger partial charge on any atom is -0.434 e. The summed E-state index contributed by atoms with van der Waals surface area (Å²) in [6.45, 7) is 12.2. The highest BCUT2D eigenvalue weighted by atomic mass is 16.4. The van der Waals surface area contributed by atoms with Crippen molar-refractivity contribution < 1.29 is 4.65 Å². The molecule has 2 heterocycles. The quantitative estimate of drug-likeness (QED) is 0.507. The van der Waals surface area contributed by atoms with E-state index in [0.717, 1.165) is 18.3 Å². The molecule has 1 nitrogen and oxygen atoms in total. The molecule has 18 heavy (non-hydrogen) atoms.